The summed E-state index contributed by atoms with van der Waals surface area (Å²) in [5.74, 6) is 0. The lowest BCUT2D eigenvalue weighted by molar-refractivity contribution is 0.614. The SMILES string of the molecule is C1=c2ccc3c(N(c4cccc(-c5ccccc5)c4)c4cccc(-c5ccccc5)c4)ccc4ccc(c2c43)C(Nc2cccc(-c3ccccc3)c2)(c2cccc(-c3ccccc3)c2)C1. The summed E-state index contributed by atoms with van der Waals surface area (Å²) in [4.78, 5) is 2.46. The summed E-state index contributed by atoms with van der Waals surface area (Å²) in [7, 11) is 0. The maximum atomic E-state index is 4.24. The molecule has 0 fully saturated rings. The first-order valence-electron chi connectivity index (χ1n) is 22.9. The lowest BCUT2D eigenvalue weighted by atomic mass is 9.73. The van der Waals surface area contributed by atoms with Crippen LogP contribution >= 0.6 is 0 Å². The van der Waals surface area contributed by atoms with E-state index in [1.165, 1.54) is 82.4 Å². The van der Waals surface area contributed by atoms with E-state index in [1.807, 2.05) is 0 Å². The minimum absolute atomic E-state index is 0.584. The molecule has 312 valence electrons. The summed E-state index contributed by atoms with van der Waals surface area (Å²) in [5.41, 5.74) is 15.8. The molecule has 0 spiro atoms. The number of nitrogens with one attached hydrogen (secondary N) is 1. The molecule has 1 N–H and O–H groups in total. The van der Waals surface area contributed by atoms with Crippen LogP contribution in [0.5, 0.6) is 0 Å². The van der Waals surface area contributed by atoms with E-state index in [2.05, 4.69) is 271 Å². The Morgan fingerprint density at radius 3 is 1.42 bits per heavy atom. The molecular formula is C64H46N2. The fraction of sp³-hybridized carbons (Fsp3) is 0.0312. The van der Waals surface area contributed by atoms with E-state index >= 15 is 0 Å². The molecule has 0 aromatic heterocycles. The molecule has 0 amide bonds. The predicted molar refractivity (Wildman–Crippen MR) is 279 cm³/mol. The van der Waals surface area contributed by atoms with E-state index in [0.29, 0.717) is 0 Å². The van der Waals surface area contributed by atoms with Crippen molar-refractivity contribution < 1.29 is 0 Å². The molecule has 0 saturated carbocycles. The Balaban J connectivity index is 1.08. The first-order valence-corrected chi connectivity index (χ1v) is 22.9. The molecule has 66 heavy (non-hydrogen) atoms. The van der Waals surface area contributed by atoms with Gasteiger partial charge in [0.15, 0.2) is 0 Å². The molecule has 0 aliphatic heterocycles. The van der Waals surface area contributed by atoms with Crippen molar-refractivity contribution in [1.82, 2.24) is 0 Å². The number of hydrogen-bond donors (Lipinski definition) is 1. The van der Waals surface area contributed by atoms with E-state index < -0.39 is 5.54 Å². The van der Waals surface area contributed by atoms with Crippen LogP contribution in [0.25, 0.3) is 72.1 Å². The summed E-state index contributed by atoms with van der Waals surface area (Å²) in [6.45, 7) is 0. The molecule has 1 aliphatic carbocycles. The second kappa shape index (κ2) is 16.6. The standard InChI is InChI=1S/C64H46N2/c1-5-17-45(18-6-1)51-25-13-29-55(41-51)64(65-56-30-14-26-52(42-56)46-19-7-2-8-20-46)40-39-50-33-36-59-61(38-35-49-34-37-60(64)63(50)62(49)59)66(57-31-15-27-53(43-57)47-21-9-3-10-22-47)58-32-16-28-54(44-58)48-23-11-4-12-24-48/h1-39,41-44,65H,40H2. The van der Waals surface area contributed by atoms with Crippen LogP contribution in [0.1, 0.15) is 17.5 Å². The summed E-state index contributed by atoms with van der Waals surface area (Å²) in [5, 5.41) is 10.5. The number of hydrogen-bond acceptors (Lipinski definition) is 2. The van der Waals surface area contributed by atoms with Crippen LogP contribution in [0.2, 0.25) is 0 Å². The highest BCUT2D eigenvalue weighted by molar-refractivity contribution is 6.17. The van der Waals surface area contributed by atoms with Gasteiger partial charge in [-0.15, -0.1) is 0 Å². The molecule has 12 rings (SSSR count). The number of nitrogens with zero attached hydrogens (tertiary/aromatic N) is 1. The third-order valence-corrected chi connectivity index (χ3v) is 13.5. The Morgan fingerprint density at radius 1 is 0.364 bits per heavy atom. The molecule has 1 atom stereocenters. The Morgan fingerprint density at radius 2 is 0.848 bits per heavy atom. The van der Waals surface area contributed by atoms with E-state index in [9.17, 15) is 0 Å². The monoisotopic (exact) mass is 842 g/mol. The van der Waals surface area contributed by atoms with Crippen LogP contribution in [0.15, 0.2) is 255 Å². The highest BCUT2D eigenvalue weighted by Crippen LogP contribution is 2.48. The first-order chi connectivity index (χ1) is 32.7. The highest BCUT2D eigenvalue weighted by atomic mass is 15.1. The van der Waals surface area contributed by atoms with Gasteiger partial charge < -0.3 is 10.2 Å². The summed E-state index contributed by atoms with van der Waals surface area (Å²) in [6.07, 6.45) is 3.24. The quantitative estimate of drug-likeness (QED) is 0.148. The number of benzene rings is 11. The molecule has 11 aromatic rings. The summed E-state index contributed by atoms with van der Waals surface area (Å²) in [6, 6.07) is 92.9. The van der Waals surface area contributed by atoms with Gasteiger partial charge >= 0.3 is 0 Å². The molecule has 0 saturated heterocycles. The molecular weight excluding hydrogens is 797 g/mol. The van der Waals surface area contributed by atoms with Crippen molar-refractivity contribution in [2.75, 3.05) is 10.2 Å². The van der Waals surface area contributed by atoms with E-state index in [-0.39, 0.29) is 0 Å². The third-order valence-electron chi connectivity index (χ3n) is 13.5. The molecule has 0 heterocycles. The van der Waals surface area contributed by atoms with Gasteiger partial charge in [-0.1, -0.05) is 212 Å². The Kier molecular flexibility index (Phi) is 9.84. The maximum Gasteiger partial charge on any atom is 0.0920 e. The van der Waals surface area contributed by atoms with Crippen LogP contribution in [0.3, 0.4) is 0 Å². The lowest BCUT2D eigenvalue weighted by Gasteiger charge is -2.40. The molecule has 2 nitrogen and oxygen atoms in total. The van der Waals surface area contributed by atoms with Gasteiger partial charge in [-0.3, -0.25) is 0 Å². The van der Waals surface area contributed by atoms with Crippen LogP contribution in [0, 0.1) is 0 Å². The average Bonchev–Trinajstić information content (AvgIpc) is 3.40. The number of anilines is 4. The summed E-state index contributed by atoms with van der Waals surface area (Å²) >= 11 is 0. The minimum atomic E-state index is -0.584. The minimum Gasteiger partial charge on any atom is -0.371 e. The van der Waals surface area contributed by atoms with Crippen LogP contribution < -0.4 is 15.4 Å². The Bertz CT molecular complexity index is 3500. The fourth-order valence-electron chi connectivity index (χ4n) is 10.3. The molecule has 0 bridgehead atoms. The van der Waals surface area contributed by atoms with Gasteiger partial charge in [0, 0.05) is 22.4 Å². The van der Waals surface area contributed by atoms with Crippen molar-refractivity contribution in [3.63, 3.8) is 0 Å². The van der Waals surface area contributed by atoms with Gasteiger partial charge in [-0.05, 0) is 132 Å². The second-order valence-corrected chi connectivity index (χ2v) is 17.4. The van der Waals surface area contributed by atoms with Gasteiger partial charge in [0.1, 0.15) is 0 Å². The van der Waals surface area contributed by atoms with Gasteiger partial charge in [0.25, 0.3) is 0 Å². The zero-order valence-corrected chi connectivity index (χ0v) is 36.5. The van der Waals surface area contributed by atoms with Crippen molar-refractivity contribution in [1.29, 1.82) is 0 Å². The molecule has 1 aliphatic rings. The van der Waals surface area contributed by atoms with Gasteiger partial charge in [0.2, 0.25) is 0 Å². The fourth-order valence-corrected chi connectivity index (χ4v) is 10.3. The molecule has 11 aromatic carbocycles. The Hall–Kier alpha value is -8.46. The van der Waals surface area contributed by atoms with Crippen molar-refractivity contribution in [2.45, 2.75) is 12.0 Å². The second-order valence-electron chi connectivity index (χ2n) is 17.4. The Labute approximate surface area is 386 Å². The third kappa shape index (κ3) is 7.01. The summed E-state index contributed by atoms with van der Waals surface area (Å²) < 4.78 is 0. The topological polar surface area (TPSA) is 15.3 Å². The predicted octanol–water partition coefficient (Wildman–Crippen LogP) is 16.4. The molecule has 1 unspecified atom stereocenters. The molecule has 2 heteroatoms. The van der Waals surface area contributed by atoms with Crippen LogP contribution in [0.4, 0.5) is 22.7 Å². The normalized spacial score (nSPS) is 14.2. The van der Waals surface area contributed by atoms with Crippen molar-refractivity contribution in [3.05, 3.63) is 271 Å². The van der Waals surface area contributed by atoms with Crippen molar-refractivity contribution >= 4 is 50.4 Å². The number of rotatable bonds is 10. The zero-order valence-electron chi connectivity index (χ0n) is 36.5. The van der Waals surface area contributed by atoms with Crippen molar-refractivity contribution in [2.24, 2.45) is 0 Å². The van der Waals surface area contributed by atoms with Crippen LogP contribution in [-0.4, -0.2) is 0 Å². The first kappa shape index (κ1) is 39.2. The van der Waals surface area contributed by atoms with Gasteiger partial charge in [-0.2, -0.15) is 0 Å². The maximum absolute atomic E-state index is 4.24. The largest absolute Gasteiger partial charge is 0.371 e. The highest BCUT2D eigenvalue weighted by Gasteiger charge is 2.38. The zero-order chi connectivity index (χ0) is 43.9. The average molecular weight is 843 g/mol. The molecule has 0 radical (unpaired) electrons. The van der Waals surface area contributed by atoms with Gasteiger partial charge in [-0.25, -0.2) is 0 Å². The lowest BCUT2D eigenvalue weighted by Crippen LogP contribution is -2.39. The van der Waals surface area contributed by atoms with Crippen molar-refractivity contribution in [3.8, 4) is 44.5 Å². The smallest absolute Gasteiger partial charge is 0.0920 e. The van der Waals surface area contributed by atoms with Crippen LogP contribution in [-0.2, 0) is 5.54 Å². The van der Waals surface area contributed by atoms with E-state index in [1.54, 1.807) is 0 Å². The van der Waals surface area contributed by atoms with Gasteiger partial charge in [0.05, 0.1) is 11.2 Å². The van der Waals surface area contributed by atoms with E-state index in [0.717, 1.165) is 29.2 Å². The van der Waals surface area contributed by atoms with E-state index in [4.69, 9.17) is 0 Å².